The molecule has 244 valence electrons. The molecule has 1 aliphatic carbocycles. The number of carbonyl (C=O) groups excluding carboxylic acids is 4. The molecule has 45 heavy (non-hydrogen) atoms. The molecule has 1 aromatic heterocycles. The van der Waals surface area contributed by atoms with Crippen molar-refractivity contribution in [3.63, 3.8) is 0 Å². The number of hydrogen-bond acceptors (Lipinski definition) is 8. The highest BCUT2D eigenvalue weighted by Crippen LogP contribution is 2.39. The fraction of sp³-hybridized carbons (Fsp3) is 0.548. The van der Waals surface area contributed by atoms with Gasteiger partial charge < -0.3 is 34.6 Å². The first kappa shape index (κ1) is 33.3. The van der Waals surface area contributed by atoms with E-state index >= 15 is 0 Å². The molecule has 1 aliphatic heterocycles. The number of amides is 4. The summed E-state index contributed by atoms with van der Waals surface area (Å²) in [6, 6.07) is 9.33. The number of aliphatic carboxylic acids is 1. The second-order valence-corrected chi connectivity index (χ2v) is 11.0. The number of piperazine rings is 1. The number of likely N-dealkylation sites (N-methyl/N-ethyl adjacent to an activating group) is 1. The van der Waals surface area contributed by atoms with Gasteiger partial charge in [-0.15, -0.1) is 0 Å². The number of benzene rings is 1. The Morgan fingerprint density at radius 2 is 1.64 bits per heavy atom. The van der Waals surface area contributed by atoms with E-state index in [9.17, 15) is 29.1 Å². The Morgan fingerprint density at radius 3 is 2.20 bits per heavy atom. The first-order valence-electron chi connectivity index (χ1n) is 15.5. The van der Waals surface area contributed by atoms with E-state index in [1.807, 2.05) is 32.0 Å². The highest BCUT2D eigenvalue weighted by atomic mass is 16.6. The van der Waals surface area contributed by atoms with Gasteiger partial charge in [0.05, 0.1) is 12.3 Å². The van der Waals surface area contributed by atoms with E-state index in [0.717, 1.165) is 6.42 Å². The lowest BCUT2D eigenvalue weighted by Crippen LogP contribution is -2.57. The first-order valence-corrected chi connectivity index (χ1v) is 15.5. The summed E-state index contributed by atoms with van der Waals surface area (Å²) in [7, 11) is 0. The van der Waals surface area contributed by atoms with Crippen LogP contribution in [0.3, 0.4) is 0 Å². The van der Waals surface area contributed by atoms with Gasteiger partial charge in [-0.2, -0.15) is 5.10 Å². The molecule has 4 rings (SSSR count). The largest absolute Gasteiger partial charge is 0.481 e. The third kappa shape index (κ3) is 7.73. The fourth-order valence-corrected chi connectivity index (χ4v) is 5.46. The number of carboxylic acids is 1. The van der Waals surface area contributed by atoms with E-state index in [-0.39, 0.29) is 63.1 Å². The molecule has 2 heterocycles. The quantitative estimate of drug-likeness (QED) is 0.340. The SMILES string of the molecule is CCOC(=O)N1CCN(C(=O)[C@H](CCC(=O)O)NC(=O)c2cc(OC3(C(=O)N(CC)CC)CCC3)n(-c3ccccc3)n2)CC1. The van der Waals surface area contributed by atoms with Crippen LogP contribution in [0, 0.1) is 0 Å². The Balaban J connectivity index is 1.56. The average Bonchev–Trinajstić information content (AvgIpc) is 3.45. The van der Waals surface area contributed by atoms with Crippen LogP contribution in [0.5, 0.6) is 5.88 Å². The van der Waals surface area contributed by atoms with Crippen molar-refractivity contribution in [3.8, 4) is 11.6 Å². The van der Waals surface area contributed by atoms with E-state index in [4.69, 9.17) is 9.47 Å². The number of ether oxygens (including phenoxy) is 2. The summed E-state index contributed by atoms with van der Waals surface area (Å²) in [5.41, 5.74) is -0.522. The Morgan fingerprint density at radius 1 is 1.00 bits per heavy atom. The van der Waals surface area contributed by atoms with Crippen molar-refractivity contribution >= 4 is 29.8 Å². The minimum absolute atomic E-state index is 0.0566. The van der Waals surface area contributed by atoms with Crippen molar-refractivity contribution in [2.24, 2.45) is 0 Å². The first-order chi connectivity index (χ1) is 21.6. The van der Waals surface area contributed by atoms with Gasteiger partial charge in [-0.25, -0.2) is 9.48 Å². The zero-order valence-corrected chi connectivity index (χ0v) is 26.1. The van der Waals surface area contributed by atoms with Gasteiger partial charge in [0.1, 0.15) is 6.04 Å². The molecule has 4 amide bonds. The van der Waals surface area contributed by atoms with E-state index in [1.54, 1.807) is 24.0 Å². The van der Waals surface area contributed by atoms with Crippen LogP contribution in [0.25, 0.3) is 5.69 Å². The number of aromatic nitrogens is 2. The zero-order valence-electron chi connectivity index (χ0n) is 26.1. The van der Waals surface area contributed by atoms with Crippen LogP contribution in [-0.4, -0.2) is 117 Å². The number of para-hydroxylation sites is 1. The summed E-state index contributed by atoms with van der Waals surface area (Å²) in [6.45, 7) is 7.76. The number of carboxylic acid groups (broad SMARTS) is 1. The topological polar surface area (TPSA) is 164 Å². The fourth-order valence-electron chi connectivity index (χ4n) is 5.46. The molecule has 2 fully saturated rings. The summed E-state index contributed by atoms with van der Waals surface area (Å²) in [6.07, 6.45) is 0.930. The van der Waals surface area contributed by atoms with Crippen LogP contribution < -0.4 is 10.1 Å². The van der Waals surface area contributed by atoms with Gasteiger partial charge in [0.15, 0.2) is 11.3 Å². The number of nitrogens with zero attached hydrogens (tertiary/aromatic N) is 5. The zero-order chi connectivity index (χ0) is 32.6. The van der Waals surface area contributed by atoms with Crippen LogP contribution in [0.2, 0.25) is 0 Å². The molecule has 1 atom stereocenters. The molecule has 14 nitrogen and oxygen atoms in total. The van der Waals surface area contributed by atoms with Gasteiger partial charge in [-0.05, 0) is 58.6 Å². The molecule has 0 spiro atoms. The molecule has 2 N–H and O–H groups in total. The maximum absolute atomic E-state index is 13.6. The van der Waals surface area contributed by atoms with Crippen molar-refractivity contribution in [2.45, 2.75) is 64.5 Å². The van der Waals surface area contributed by atoms with Crippen LogP contribution in [0.1, 0.15) is 63.4 Å². The summed E-state index contributed by atoms with van der Waals surface area (Å²) in [5.74, 6) is -2.17. The second kappa shape index (κ2) is 14.9. The molecule has 0 unspecified atom stereocenters. The Bertz CT molecular complexity index is 1360. The number of nitrogens with one attached hydrogen (secondary N) is 1. The summed E-state index contributed by atoms with van der Waals surface area (Å²) in [4.78, 5) is 68.7. The predicted octanol–water partition coefficient (Wildman–Crippen LogP) is 2.31. The van der Waals surface area contributed by atoms with Crippen molar-refractivity contribution in [3.05, 3.63) is 42.1 Å². The maximum Gasteiger partial charge on any atom is 0.409 e. The molecular weight excluding hydrogens is 584 g/mol. The molecule has 14 heteroatoms. The minimum atomic E-state index is -1.14. The number of carbonyl (C=O) groups is 5. The Hall–Kier alpha value is -4.62. The monoisotopic (exact) mass is 626 g/mol. The molecule has 1 aromatic carbocycles. The van der Waals surface area contributed by atoms with Crippen molar-refractivity contribution in [1.29, 1.82) is 0 Å². The lowest BCUT2D eigenvalue weighted by Gasteiger charge is -2.42. The average molecular weight is 627 g/mol. The third-order valence-corrected chi connectivity index (χ3v) is 8.18. The van der Waals surface area contributed by atoms with E-state index < -0.39 is 35.5 Å². The molecule has 1 saturated carbocycles. The summed E-state index contributed by atoms with van der Waals surface area (Å²) >= 11 is 0. The third-order valence-electron chi connectivity index (χ3n) is 8.18. The molecule has 0 radical (unpaired) electrons. The Kier molecular flexibility index (Phi) is 11.0. The van der Waals surface area contributed by atoms with Crippen molar-refractivity contribution in [2.75, 3.05) is 45.9 Å². The normalized spacial score (nSPS) is 16.2. The molecule has 1 saturated heterocycles. The highest BCUT2D eigenvalue weighted by Gasteiger charge is 2.49. The van der Waals surface area contributed by atoms with Crippen molar-refractivity contribution in [1.82, 2.24) is 29.8 Å². The van der Waals surface area contributed by atoms with Crippen LogP contribution >= 0.6 is 0 Å². The van der Waals surface area contributed by atoms with E-state index in [2.05, 4.69) is 10.4 Å². The molecule has 2 aliphatic rings. The van der Waals surface area contributed by atoms with Crippen LogP contribution in [0.4, 0.5) is 4.79 Å². The highest BCUT2D eigenvalue weighted by molar-refractivity contribution is 5.96. The van der Waals surface area contributed by atoms with Gasteiger partial charge in [-0.3, -0.25) is 19.2 Å². The second-order valence-electron chi connectivity index (χ2n) is 11.0. The lowest BCUT2D eigenvalue weighted by molar-refractivity contribution is -0.156. The summed E-state index contributed by atoms with van der Waals surface area (Å²) < 4.78 is 12.9. The molecular formula is C31H42N6O8. The van der Waals surface area contributed by atoms with Gasteiger partial charge in [0.2, 0.25) is 11.8 Å². The van der Waals surface area contributed by atoms with Gasteiger partial charge in [0, 0.05) is 51.8 Å². The lowest BCUT2D eigenvalue weighted by atomic mass is 9.78. The summed E-state index contributed by atoms with van der Waals surface area (Å²) in [5, 5.41) is 16.5. The predicted molar refractivity (Wildman–Crippen MR) is 162 cm³/mol. The molecule has 0 bridgehead atoms. The van der Waals surface area contributed by atoms with Crippen molar-refractivity contribution < 1.29 is 38.6 Å². The maximum atomic E-state index is 13.6. The number of rotatable bonds is 13. The van der Waals surface area contributed by atoms with Gasteiger partial charge in [-0.1, -0.05) is 18.2 Å². The Labute approximate surface area is 262 Å². The van der Waals surface area contributed by atoms with Crippen LogP contribution in [-0.2, 0) is 19.1 Å². The minimum Gasteiger partial charge on any atom is -0.481 e. The van der Waals surface area contributed by atoms with E-state index in [1.165, 1.54) is 20.5 Å². The smallest absolute Gasteiger partial charge is 0.409 e. The van der Waals surface area contributed by atoms with Gasteiger partial charge in [0.25, 0.3) is 11.8 Å². The van der Waals surface area contributed by atoms with Gasteiger partial charge >= 0.3 is 12.1 Å². The number of hydrogen-bond donors (Lipinski definition) is 2. The van der Waals surface area contributed by atoms with E-state index in [0.29, 0.717) is 31.6 Å². The van der Waals surface area contributed by atoms with Crippen LogP contribution in [0.15, 0.2) is 36.4 Å². The standard InChI is InChI=1S/C31H42N6O8/c1-4-34(5-2)29(42)31(15-10-16-31)45-25-21-24(33-37(25)22-11-8-7-9-12-22)27(40)32-23(13-14-26(38)39)28(41)35-17-19-36(20-18-35)30(43)44-6-3/h7-9,11-12,21,23H,4-6,10,13-20H2,1-3H3,(H,32,40)(H,38,39)/t23-/m0/s1. The molecule has 2 aromatic rings.